The van der Waals surface area contributed by atoms with Gasteiger partial charge in [0.15, 0.2) is 0 Å². The molecule has 0 aliphatic carbocycles. The van der Waals surface area contributed by atoms with Crippen molar-refractivity contribution in [3.05, 3.63) is 17.4 Å². The third-order valence-corrected chi connectivity index (χ3v) is 2.91. The van der Waals surface area contributed by atoms with Crippen molar-refractivity contribution >= 4 is 17.5 Å². The number of nitrogens with zero attached hydrogens (tertiary/aromatic N) is 3. The third kappa shape index (κ3) is 2.38. The zero-order chi connectivity index (χ0) is 10.7. The van der Waals surface area contributed by atoms with E-state index in [2.05, 4.69) is 9.97 Å². The van der Waals surface area contributed by atoms with Crippen molar-refractivity contribution in [3.8, 4) is 0 Å². The van der Waals surface area contributed by atoms with Gasteiger partial charge in [-0.15, -0.1) is 0 Å². The molecule has 2 rings (SSSR count). The number of halogens is 1. The summed E-state index contributed by atoms with van der Waals surface area (Å²) >= 11 is 5.81. The molecule has 2 heterocycles. The van der Waals surface area contributed by atoms with Crippen LogP contribution in [-0.2, 0) is 0 Å². The fourth-order valence-corrected chi connectivity index (χ4v) is 2.05. The topological polar surface area (TPSA) is 49.2 Å². The number of piperidine rings is 1. The van der Waals surface area contributed by atoms with Crippen molar-refractivity contribution in [1.82, 2.24) is 9.97 Å². The second-order valence-corrected chi connectivity index (χ2v) is 4.09. The van der Waals surface area contributed by atoms with E-state index < -0.39 is 0 Å². The summed E-state index contributed by atoms with van der Waals surface area (Å²) < 4.78 is 0. The number of aliphatic hydroxyl groups is 1. The van der Waals surface area contributed by atoms with Crippen LogP contribution in [0.15, 0.2) is 12.3 Å². The summed E-state index contributed by atoms with van der Waals surface area (Å²) in [7, 11) is 0. The molecule has 15 heavy (non-hydrogen) atoms. The van der Waals surface area contributed by atoms with Crippen LogP contribution in [0.25, 0.3) is 0 Å². The molecular weight excluding hydrogens is 214 g/mol. The highest BCUT2D eigenvalue weighted by molar-refractivity contribution is 6.29. The smallest absolute Gasteiger partial charge is 0.227 e. The quantitative estimate of drug-likeness (QED) is 0.778. The SMILES string of the molecule is OC[C@H]1CCCCN1c1nccc(Cl)n1. The Balaban J connectivity index is 2.20. The Morgan fingerprint density at radius 2 is 2.40 bits per heavy atom. The van der Waals surface area contributed by atoms with E-state index in [0.29, 0.717) is 11.1 Å². The molecule has 5 heteroatoms. The molecule has 0 spiro atoms. The highest BCUT2D eigenvalue weighted by Crippen LogP contribution is 2.21. The lowest BCUT2D eigenvalue weighted by molar-refractivity contribution is 0.239. The molecule has 0 unspecified atom stereocenters. The van der Waals surface area contributed by atoms with Gasteiger partial charge in [-0.2, -0.15) is 0 Å². The Bertz CT molecular complexity index is 334. The molecule has 1 atom stereocenters. The van der Waals surface area contributed by atoms with Crippen molar-refractivity contribution in [2.24, 2.45) is 0 Å². The standard InChI is InChI=1S/C10H14ClN3O/c11-9-4-5-12-10(13-9)14-6-2-1-3-8(14)7-15/h4-5,8,15H,1-3,6-7H2/t8-/m1/s1. The number of hydrogen-bond donors (Lipinski definition) is 1. The molecule has 0 saturated carbocycles. The summed E-state index contributed by atoms with van der Waals surface area (Å²) in [6.07, 6.45) is 4.91. The van der Waals surface area contributed by atoms with Gasteiger partial charge in [0.05, 0.1) is 12.6 Å². The molecule has 1 fully saturated rings. The Morgan fingerprint density at radius 1 is 1.53 bits per heavy atom. The van der Waals surface area contributed by atoms with Crippen LogP contribution in [0.4, 0.5) is 5.95 Å². The van der Waals surface area contributed by atoms with Gasteiger partial charge in [0.25, 0.3) is 0 Å². The molecule has 0 amide bonds. The van der Waals surface area contributed by atoms with E-state index in [4.69, 9.17) is 11.6 Å². The van der Waals surface area contributed by atoms with Crippen LogP contribution in [0, 0.1) is 0 Å². The average Bonchev–Trinajstić information content (AvgIpc) is 2.29. The maximum atomic E-state index is 9.26. The van der Waals surface area contributed by atoms with Gasteiger partial charge in [0.1, 0.15) is 5.15 Å². The highest BCUT2D eigenvalue weighted by Gasteiger charge is 2.23. The molecule has 4 nitrogen and oxygen atoms in total. The zero-order valence-corrected chi connectivity index (χ0v) is 9.19. The largest absolute Gasteiger partial charge is 0.394 e. The van der Waals surface area contributed by atoms with Gasteiger partial charge in [-0.1, -0.05) is 11.6 Å². The second-order valence-electron chi connectivity index (χ2n) is 3.70. The number of aromatic nitrogens is 2. The molecular formula is C10H14ClN3O. The summed E-state index contributed by atoms with van der Waals surface area (Å²) in [4.78, 5) is 10.4. The van der Waals surface area contributed by atoms with Crippen molar-refractivity contribution < 1.29 is 5.11 Å². The molecule has 1 aliphatic heterocycles. The van der Waals surface area contributed by atoms with Gasteiger partial charge in [-0.25, -0.2) is 9.97 Å². The van der Waals surface area contributed by atoms with Crippen molar-refractivity contribution in [2.75, 3.05) is 18.1 Å². The van der Waals surface area contributed by atoms with Crippen LogP contribution >= 0.6 is 11.6 Å². The van der Waals surface area contributed by atoms with Crippen LogP contribution < -0.4 is 4.90 Å². The van der Waals surface area contributed by atoms with E-state index in [1.54, 1.807) is 12.3 Å². The third-order valence-electron chi connectivity index (χ3n) is 2.70. The molecule has 0 bridgehead atoms. The number of hydrogen-bond acceptors (Lipinski definition) is 4. The number of aliphatic hydroxyl groups excluding tert-OH is 1. The number of rotatable bonds is 2. The molecule has 1 aromatic rings. The minimum absolute atomic E-state index is 0.136. The first kappa shape index (κ1) is 10.6. The normalized spacial score (nSPS) is 21.7. The lowest BCUT2D eigenvalue weighted by atomic mass is 10.0. The van der Waals surface area contributed by atoms with Crippen molar-refractivity contribution in [1.29, 1.82) is 0 Å². The minimum Gasteiger partial charge on any atom is -0.394 e. The summed E-state index contributed by atoms with van der Waals surface area (Å²) in [5.74, 6) is 0.626. The van der Waals surface area contributed by atoms with Crippen molar-refractivity contribution in [3.63, 3.8) is 0 Å². The maximum absolute atomic E-state index is 9.26. The van der Waals surface area contributed by atoms with E-state index in [-0.39, 0.29) is 12.6 Å². The first-order valence-corrected chi connectivity index (χ1v) is 5.55. The molecule has 1 saturated heterocycles. The number of anilines is 1. The predicted molar refractivity (Wildman–Crippen MR) is 59.1 cm³/mol. The summed E-state index contributed by atoms with van der Waals surface area (Å²) in [6, 6.07) is 1.79. The van der Waals surface area contributed by atoms with E-state index in [9.17, 15) is 5.11 Å². The van der Waals surface area contributed by atoms with Gasteiger partial charge >= 0.3 is 0 Å². The van der Waals surface area contributed by atoms with Gasteiger partial charge in [-0.05, 0) is 25.3 Å². The molecule has 0 aromatic carbocycles. The van der Waals surface area contributed by atoms with E-state index in [1.165, 1.54) is 0 Å². The zero-order valence-electron chi connectivity index (χ0n) is 8.43. The fraction of sp³-hybridized carbons (Fsp3) is 0.600. The van der Waals surface area contributed by atoms with Crippen LogP contribution in [-0.4, -0.2) is 34.3 Å². The lowest BCUT2D eigenvalue weighted by Gasteiger charge is -2.34. The second kappa shape index (κ2) is 4.77. The molecule has 1 aromatic heterocycles. The van der Waals surface area contributed by atoms with E-state index >= 15 is 0 Å². The Labute approximate surface area is 93.9 Å². The molecule has 1 N–H and O–H groups in total. The van der Waals surface area contributed by atoms with E-state index in [0.717, 1.165) is 25.8 Å². The lowest BCUT2D eigenvalue weighted by Crippen LogP contribution is -2.42. The summed E-state index contributed by atoms with van der Waals surface area (Å²) in [5.41, 5.74) is 0. The average molecular weight is 228 g/mol. The first-order valence-electron chi connectivity index (χ1n) is 5.17. The van der Waals surface area contributed by atoms with Gasteiger partial charge in [0.2, 0.25) is 5.95 Å². The Hall–Kier alpha value is -0.870. The Kier molecular flexibility index (Phi) is 3.38. The van der Waals surface area contributed by atoms with Crippen LogP contribution in [0.1, 0.15) is 19.3 Å². The first-order chi connectivity index (χ1) is 7.31. The van der Waals surface area contributed by atoms with Crippen LogP contribution in [0.3, 0.4) is 0 Å². The molecule has 0 radical (unpaired) electrons. The molecule has 1 aliphatic rings. The van der Waals surface area contributed by atoms with Crippen LogP contribution in [0.5, 0.6) is 0 Å². The predicted octanol–water partition coefficient (Wildman–Crippen LogP) is 1.48. The fourth-order valence-electron chi connectivity index (χ4n) is 1.92. The van der Waals surface area contributed by atoms with Crippen LogP contribution in [0.2, 0.25) is 5.15 Å². The summed E-state index contributed by atoms with van der Waals surface area (Å²) in [5, 5.41) is 9.71. The molecule has 82 valence electrons. The highest BCUT2D eigenvalue weighted by atomic mass is 35.5. The van der Waals surface area contributed by atoms with Gasteiger partial charge < -0.3 is 10.0 Å². The van der Waals surface area contributed by atoms with E-state index in [1.807, 2.05) is 4.90 Å². The van der Waals surface area contributed by atoms with Gasteiger partial charge in [0, 0.05) is 12.7 Å². The monoisotopic (exact) mass is 227 g/mol. The summed E-state index contributed by atoms with van der Waals surface area (Å²) in [6.45, 7) is 1.04. The van der Waals surface area contributed by atoms with Crippen molar-refractivity contribution in [2.45, 2.75) is 25.3 Å². The minimum atomic E-state index is 0.136. The van der Waals surface area contributed by atoms with Gasteiger partial charge in [-0.3, -0.25) is 0 Å². The maximum Gasteiger partial charge on any atom is 0.227 e. The Morgan fingerprint density at radius 3 is 3.13 bits per heavy atom.